The van der Waals surface area contributed by atoms with E-state index < -0.39 is 12.3 Å². The summed E-state index contributed by atoms with van der Waals surface area (Å²) in [6.07, 6.45) is 4.45. The average Bonchev–Trinajstić information content (AvgIpc) is 3.06. The first-order valence-corrected chi connectivity index (χ1v) is 8.98. The van der Waals surface area contributed by atoms with Gasteiger partial charge in [0.15, 0.2) is 12.5 Å². The van der Waals surface area contributed by atoms with Gasteiger partial charge in [0, 0.05) is 18.8 Å². The lowest BCUT2D eigenvalue weighted by atomic mass is 10.1. The highest BCUT2D eigenvalue weighted by molar-refractivity contribution is 5.70. The van der Waals surface area contributed by atoms with Gasteiger partial charge in [-0.05, 0) is 32.1 Å². The molecule has 0 spiro atoms. The Morgan fingerprint density at radius 1 is 1.52 bits per heavy atom. The summed E-state index contributed by atoms with van der Waals surface area (Å²) in [7, 11) is 0. The predicted molar refractivity (Wildman–Crippen MR) is 96.8 cm³/mol. The van der Waals surface area contributed by atoms with E-state index in [4.69, 9.17) is 14.2 Å². The van der Waals surface area contributed by atoms with Crippen LogP contribution < -0.4 is 5.32 Å². The first kappa shape index (κ1) is 19.7. The highest BCUT2D eigenvalue weighted by Gasteiger charge is 2.38. The zero-order chi connectivity index (χ0) is 18.2. The van der Waals surface area contributed by atoms with Crippen LogP contribution in [0.4, 0.5) is 4.79 Å². The van der Waals surface area contributed by atoms with Crippen molar-refractivity contribution in [1.82, 2.24) is 10.2 Å². The molecule has 140 valence electrons. The van der Waals surface area contributed by atoms with Crippen LogP contribution in [-0.4, -0.2) is 49.3 Å². The van der Waals surface area contributed by atoms with E-state index in [9.17, 15) is 4.79 Å². The lowest BCUT2D eigenvalue weighted by Crippen LogP contribution is -2.53. The third-order valence-corrected chi connectivity index (χ3v) is 4.42. The van der Waals surface area contributed by atoms with Crippen LogP contribution in [0.1, 0.15) is 39.0 Å². The second-order valence-corrected chi connectivity index (χ2v) is 6.42. The van der Waals surface area contributed by atoms with Crippen molar-refractivity contribution in [2.75, 3.05) is 19.8 Å². The molecule has 2 aliphatic rings. The third kappa shape index (κ3) is 5.42. The summed E-state index contributed by atoms with van der Waals surface area (Å²) < 4.78 is 17.2. The molecule has 25 heavy (non-hydrogen) atoms. The molecule has 2 saturated heterocycles. The van der Waals surface area contributed by atoms with Gasteiger partial charge < -0.3 is 19.5 Å². The maximum atomic E-state index is 12.6. The standard InChI is InChI=1S/C19H30N2O4/c1-5-10-24-19(22)21(15(4)6-2)18(16-12-14(3)13-20-16)25-17-9-7-8-11-23-17/h5,16-18,20H,1,3-4,6-13H2,2H3. The fourth-order valence-corrected chi connectivity index (χ4v) is 3.03. The van der Waals surface area contributed by atoms with Crippen molar-refractivity contribution < 1.29 is 19.0 Å². The van der Waals surface area contributed by atoms with Gasteiger partial charge in [-0.2, -0.15) is 0 Å². The van der Waals surface area contributed by atoms with Crippen LogP contribution in [0.5, 0.6) is 0 Å². The molecular weight excluding hydrogens is 320 g/mol. The Morgan fingerprint density at radius 3 is 2.88 bits per heavy atom. The average molecular weight is 350 g/mol. The number of hydrogen-bond acceptors (Lipinski definition) is 5. The zero-order valence-electron chi connectivity index (χ0n) is 15.2. The number of rotatable bonds is 8. The van der Waals surface area contributed by atoms with Gasteiger partial charge in [-0.1, -0.05) is 38.3 Å². The summed E-state index contributed by atoms with van der Waals surface area (Å²) in [5.41, 5.74) is 1.74. The van der Waals surface area contributed by atoms with Gasteiger partial charge in [-0.15, -0.1) is 0 Å². The Morgan fingerprint density at radius 2 is 2.32 bits per heavy atom. The predicted octanol–water partition coefficient (Wildman–Crippen LogP) is 3.32. The molecule has 2 rings (SSSR count). The van der Waals surface area contributed by atoms with Gasteiger partial charge in [0.25, 0.3) is 0 Å². The summed E-state index contributed by atoms with van der Waals surface area (Å²) in [4.78, 5) is 14.2. The van der Waals surface area contributed by atoms with Crippen molar-refractivity contribution in [2.45, 2.75) is 57.6 Å². The van der Waals surface area contributed by atoms with Crippen LogP contribution in [-0.2, 0) is 14.2 Å². The topological polar surface area (TPSA) is 60.0 Å². The second-order valence-electron chi connectivity index (χ2n) is 6.42. The summed E-state index contributed by atoms with van der Waals surface area (Å²) in [6.45, 7) is 15.1. The Balaban J connectivity index is 2.20. The second kappa shape index (κ2) is 9.75. The van der Waals surface area contributed by atoms with Gasteiger partial charge in [-0.3, -0.25) is 4.90 Å². The van der Waals surface area contributed by atoms with Crippen LogP contribution in [0.15, 0.2) is 37.1 Å². The minimum atomic E-state index is -0.549. The first-order chi connectivity index (χ1) is 12.1. The molecule has 0 aromatic rings. The molecule has 0 aromatic heterocycles. The Kier molecular flexibility index (Phi) is 7.68. The monoisotopic (exact) mass is 350 g/mol. The fraction of sp³-hybridized carbons (Fsp3) is 0.632. The molecule has 6 heteroatoms. The molecule has 3 atom stereocenters. The van der Waals surface area contributed by atoms with E-state index in [0.717, 1.165) is 31.3 Å². The van der Waals surface area contributed by atoms with Gasteiger partial charge in [0.2, 0.25) is 0 Å². The largest absolute Gasteiger partial charge is 0.445 e. The van der Waals surface area contributed by atoms with Crippen molar-refractivity contribution in [3.05, 3.63) is 37.1 Å². The zero-order valence-corrected chi connectivity index (χ0v) is 15.2. The number of nitrogens with one attached hydrogen (secondary N) is 1. The SMILES string of the molecule is C=CCOC(=O)N(C(=C)CC)C(OC1CCCCO1)C1CC(=C)CN1. The van der Waals surface area contributed by atoms with Crippen LogP contribution in [0, 0.1) is 0 Å². The summed E-state index contributed by atoms with van der Waals surface area (Å²) in [5.74, 6) is 0. The molecule has 1 N–H and O–H groups in total. The maximum absolute atomic E-state index is 12.6. The van der Waals surface area contributed by atoms with Crippen molar-refractivity contribution in [3.8, 4) is 0 Å². The highest BCUT2D eigenvalue weighted by Crippen LogP contribution is 2.27. The van der Waals surface area contributed by atoms with Crippen LogP contribution in [0.25, 0.3) is 0 Å². The summed E-state index contributed by atoms with van der Waals surface area (Å²) in [6, 6.07) is -0.0717. The molecule has 2 heterocycles. The molecule has 2 aliphatic heterocycles. The highest BCUT2D eigenvalue weighted by atomic mass is 16.7. The molecule has 3 unspecified atom stereocenters. The van der Waals surface area contributed by atoms with Crippen molar-refractivity contribution >= 4 is 6.09 Å². The Labute approximate surface area is 150 Å². The van der Waals surface area contributed by atoms with E-state index in [0.29, 0.717) is 25.3 Å². The number of amides is 1. The van der Waals surface area contributed by atoms with Gasteiger partial charge >= 0.3 is 6.09 Å². The van der Waals surface area contributed by atoms with E-state index in [1.165, 1.54) is 4.90 Å². The summed E-state index contributed by atoms with van der Waals surface area (Å²) >= 11 is 0. The minimum Gasteiger partial charge on any atom is -0.445 e. The van der Waals surface area contributed by atoms with E-state index in [2.05, 4.69) is 25.1 Å². The molecule has 0 saturated carbocycles. The van der Waals surface area contributed by atoms with Gasteiger partial charge in [0.1, 0.15) is 6.61 Å². The number of nitrogens with zero attached hydrogens (tertiary/aromatic N) is 1. The Hall–Kier alpha value is -1.63. The molecule has 6 nitrogen and oxygen atoms in total. The van der Waals surface area contributed by atoms with Crippen LogP contribution >= 0.6 is 0 Å². The van der Waals surface area contributed by atoms with E-state index in [1.807, 2.05) is 6.92 Å². The molecule has 0 aromatic carbocycles. The lowest BCUT2D eigenvalue weighted by molar-refractivity contribution is -0.217. The van der Waals surface area contributed by atoms with Gasteiger partial charge in [-0.25, -0.2) is 4.79 Å². The van der Waals surface area contributed by atoms with Crippen LogP contribution in [0.2, 0.25) is 0 Å². The number of hydrogen-bond donors (Lipinski definition) is 1. The summed E-state index contributed by atoms with van der Waals surface area (Å²) in [5, 5.41) is 3.38. The molecular formula is C19H30N2O4. The normalized spacial score (nSPS) is 24.6. The van der Waals surface area contributed by atoms with Crippen molar-refractivity contribution in [1.29, 1.82) is 0 Å². The van der Waals surface area contributed by atoms with Gasteiger partial charge in [0.05, 0.1) is 6.04 Å². The van der Waals surface area contributed by atoms with E-state index in [-0.39, 0.29) is 18.9 Å². The first-order valence-electron chi connectivity index (χ1n) is 8.98. The molecule has 0 aliphatic carbocycles. The van der Waals surface area contributed by atoms with Crippen molar-refractivity contribution in [3.63, 3.8) is 0 Å². The Bertz CT molecular complexity index is 500. The fourth-order valence-electron chi connectivity index (χ4n) is 3.03. The quantitative estimate of drug-likeness (QED) is 0.537. The molecule has 0 bridgehead atoms. The van der Waals surface area contributed by atoms with E-state index in [1.54, 1.807) is 6.08 Å². The van der Waals surface area contributed by atoms with Crippen LogP contribution in [0.3, 0.4) is 0 Å². The number of carbonyl (C=O) groups is 1. The smallest absolute Gasteiger partial charge is 0.416 e. The number of carbonyl (C=O) groups excluding carboxylic acids is 1. The number of allylic oxidation sites excluding steroid dienone is 1. The molecule has 2 fully saturated rings. The van der Waals surface area contributed by atoms with E-state index >= 15 is 0 Å². The number of ether oxygens (including phenoxy) is 3. The molecule has 0 radical (unpaired) electrons. The minimum absolute atomic E-state index is 0.0717. The molecule has 1 amide bonds. The maximum Gasteiger partial charge on any atom is 0.416 e. The lowest BCUT2D eigenvalue weighted by Gasteiger charge is -2.38. The van der Waals surface area contributed by atoms with Crippen molar-refractivity contribution in [2.24, 2.45) is 0 Å². The third-order valence-electron chi connectivity index (χ3n) is 4.42.